The fourth-order valence-electron chi connectivity index (χ4n) is 3.15. The van der Waals surface area contributed by atoms with Gasteiger partial charge < -0.3 is 11.1 Å². The van der Waals surface area contributed by atoms with Gasteiger partial charge in [-0.05, 0) is 35.9 Å². The zero-order valence-corrected chi connectivity index (χ0v) is 16.4. The largest absolute Gasteiger partial charge is 0.366 e. The number of carbonyl (C=O) groups is 2. The summed E-state index contributed by atoms with van der Waals surface area (Å²) in [4.78, 5) is 27.8. The molecule has 148 valence electrons. The van der Waals surface area contributed by atoms with Gasteiger partial charge in [0.1, 0.15) is 0 Å². The van der Waals surface area contributed by atoms with Gasteiger partial charge >= 0.3 is 0 Å². The summed E-state index contributed by atoms with van der Waals surface area (Å²) in [5.74, 6) is -2.05. The van der Waals surface area contributed by atoms with Crippen LogP contribution in [0.2, 0.25) is 5.02 Å². The minimum atomic E-state index is -0.742. The summed E-state index contributed by atoms with van der Waals surface area (Å²) in [7, 11) is 0. The molecule has 3 aromatic rings. The number of nitrogens with zero attached hydrogens (tertiary/aromatic N) is 1. The maximum atomic E-state index is 14.5. The number of hydrogen-bond donors (Lipinski definition) is 2. The van der Waals surface area contributed by atoms with Crippen molar-refractivity contribution in [1.82, 2.24) is 10.3 Å². The fourth-order valence-corrected chi connectivity index (χ4v) is 3.50. The van der Waals surface area contributed by atoms with Crippen molar-refractivity contribution in [3.8, 4) is 0 Å². The molecular weight excluding hydrogens is 393 g/mol. The molecule has 0 fully saturated rings. The molecule has 0 aliphatic carbocycles. The Morgan fingerprint density at radius 2 is 1.76 bits per heavy atom. The second-order valence-corrected chi connectivity index (χ2v) is 7.00. The van der Waals surface area contributed by atoms with Crippen LogP contribution >= 0.6 is 11.6 Å². The van der Waals surface area contributed by atoms with E-state index < -0.39 is 23.8 Å². The lowest BCUT2D eigenvalue weighted by atomic mass is 9.88. The number of carbonyl (C=O) groups excluding carboxylic acids is 2. The molecule has 3 N–H and O–H groups in total. The van der Waals surface area contributed by atoms with Gasteiger partial charge in [-0.25, -0.2) is 4.98 Å². The molecule has 0 bridgehead atoms. The lowest BCUT2D eigenvalue weighted by Crippen LogP contribution is -2.32. The SMILES string of the molecule is CC(c1ccc(C(N)=O)cc1Cl)C(NC(=O)c1ccccc1)c1cccnc1F. The van der Waals surface area contributed by atoms with E-state index in [1.807, 2.05) is 6.92 Å². The maximum Gasteiger partial charge on any atom is 0.251 e. The quantitative estimate of drug-likeness (QED) is 0.594. The predicted molar refractivity (Wildman–Crippen MR) is 109 cm³/mol. The number of nitrogens with two attached hydrogens (primary N) is 1. The molecule has 2 unspecified atom stereocenters. The Labute approximate surface area is 172 Å². The Morgan fingerprint density at radius 1 is 1.03 bits per heavy atom. The van der Waals surface area contributed by atoms with Crippen LogP contribution in [0.3, 0.4) is 0 Å². The summed E-state index contributed by atoms with van der Waals surface area (Å²) in [6.45, 7) is 1.81. The van der Waals surface area contributed by atoms with Crippen molar-refractivity contribution in [3.63, 3.8) is 0 Å². The van der Waals surface area contributed by atoms with E-state index in [1.54, 1.807) is 54.6 Å². The van der Waals surface area contributed by atoms with Crippen LogP contribution in [0.4, 0.5) is 4.39 Å². The summed E-state index contributed by atoms with van der Waals surface area (Å²) in [6.07, 6.45) is 1.34. The number of halogens is 2. The van der Waals surface area contributed by atoms with Crippen LogP contribution in [-0.2, 0) is 0 Å². The highest BCUT2D eigenvalue weighted by Gasteiger charge is 2.28. The number of amides is 2. The molecule has 0 saturated heterocycles. The molecule has 1 heterocycles. The Hall–Kier alpha value is -3.25. The van der Waals surface area contributed by atoms with E-state index in [0.717, 1.165) is 0 Å². The van der Waals surface area contributed by atoms with Crippen molar-refractivity contribution in [2.24, 2.45) is 5.73 Å². The highest BCUT2D eigenvalue weighted by atomic mass is 35.5. The standard InChI is InChI=1S/C22H19ClFN3O2/c1-13(16-10-9-15(21(25)28)12-18(16)23)19(17-8-5-11-26-20(17)24)27-22(29)14-6-3-2-4-7-14/h2-13,19H,1H3,(H2,25,28)(H,27,29). The summed E-state index contributed by atoms with van der Waals surface area (Å²) < 4.78 is 14.5. The highest BCUT2D eigenvalue weighted by molar-refractivity contribution is 6.31. The lowest BCUT2D eigenvalue weighted by molar-refractivity contribution is 0.0929. The third kappa shape index (κ3) is 4.60. The van der Waals surface area contributed by atoms with Crippen LogP contribution in [0.15, 0.2) is 66.9 Å². The van der Waals surface area contributed by atoms with Gasteiger partial charge in [0, 0.05) is 33.8 Å². The van der Waals surface area contributed by atoms with Crippen LogP contribution in [0.5, 0.6) is 0 Å². The molecule has 1 aromatic heterocycles. The normalized spacial score (nSPS) is 12.8. The minimum absolute atomic E-state index is 0.235. The first-order chi connectivity index (χ1) is 13.9. The topological polar surface area (TPSA) is 85.1 Å². The molecule has 5 nitrogen and oxygen atoms in total. The molecule has 2 amide bonds. The summed E-state index contributed by atoms with van der Waals surface area (Å²) >= 11 is 6.36. The van der Waals surface area contributed by atoms with Crippen LogP contribution in [0.25, 0.3) is 0 Å². The molecule has 0 saturated carbocycles. The number of pyridine rings is 1. The van der Waals surface area contributed by atoms with Gasteiger partial charge in [-0.1, -0.05) is 48.9 Å². The van der Waals surface area contributed by atoms with E-state index in [2.05, 4.69) is 10.3 Å². The Kier molecular flexibility index (Phi) is 6.24. The van der Waals surface area contributed by atoms with Crippen LogP contribution in [-0.4, -0.2) is 16.8 Å². The first-order valence-electron chi connectivity index (χ1n) is 8.94. The van der Waals surface area contributed by atoms with Gasteiger partial charge in [-0.3, -0.25) is 9.59 Å². The molecule has 7 heteroatoms. The number of benzene rings is 2. The van der Waals surface area contributed by atoms with Gasteiger partial charge in [0.2, 0.25) is 11.9 Å². The van der Waals surface area contributed by atoms with Crippen molar-refractivity contribution in [1.29, 1.82) is 0 Å². The Bertz CT molecular complexity index is 1040. The minimum Gasteiger partial charge on any atom is -0.366 e. The van der Waals surface area contributed by atoms with Gasteiger partial charge in [0.15, 0.2) is 0 Å². The van der Waals surface area contributed by atoms with Gasteiger partial charge in [-0.15, -0.1) is 0 Å². The van der Waals surface area contributed by atoms with Crippen LogP contribution < -0.4 is 11.1 Å². The van der Waals surface area contributed by atoms with Gasteiger partial charge in [0.05, 0.1) is 6.04 Å². The molecule has 3 rings (SSSR count). The lowest BCUT2D eigenvalue weighted by Gasteiger charge is -2.27. The van der Waals surface area contributed by atoms with E-state index in [0.29, 0.717) is 16.1 Å². The maximum absolute atomic E-state index is 14.5. The van der Waals surface area contributed by atoms with Gasteiger partial charge in [0.25, 0.3) is 5.91 Å². The third-order valence-corrected chi connectivity index (χ3v) is 5.05. The molecule has 2 aromatic carbocycles. The third-order valence-electron chi connectivity index (χ3n) is 4.72. The van der Waals surface area contributed by atoms with Crippen molar-refractivity contribution in [2.75, 3.05) is 0 Å². The van der Waals surface area contributed by atoms with Crippen molar-refractivity contribution in [3.05, 3.63) is 100 Å². The summed E-state index contributed by atoms with van der Waals surface area (Å²) in [6, 6.07) is 15.7. The molecule has 0 radical (unpaired) electrons. The molecule has 29 heavy (non-hydrogen) atoms. The molecule has 0 spiro atoms. The monoisotopic (exact) mass is 411 g/mol. The van der Waals surface area contributed by atoms with E-state index in [1.165, 1.54) is 12.3 Å². The Balaban J connectivity index is 2.00. The molecule has 0 aliphatic heterocycles. The van der Waals surface area contributed by atoms with Crippen LogP contribution in [0.1, 0.15) is 50.7 Å². The number of hydrogen-bond acceptors (Lipinski definition) is 3. The van der Waals surface area contributed by atoms with Crippen molar-refractivity contribution >= 4 is 23.4 Å². The molecule has 0 aliphatic rings. The number of rotatable bonds is 6. The summed E-state index contributed by atoms with van der Waals surface area (Å²) in [5.41, 5.74) is 6.89. The van der Waals surface area contributed by atoms with E-state index in [-0.39, 0.29) is 17.0 Å². The molecule has 2 atom stereocenters. The average molecular weight is 412 g/mol. The van der Waals surface area contributed by atoms with E-state index in [4.69, 9.17) is 17.3 Å². The van der Waals surface area contributed by atoms with E-state index in [9.17, 15) is 14.0 Å². The van der Waals surface area contributed by atoms with Crippen molar-refractivity contribution < 1.29 is 14.0 Å². The van der Waals surface area contributed by atoms with Gasteiger partial charge in [-0.2, -0.15) is 4.39 Å². The number of aromatic nitrogens is 1. The summed E-state index contributed by atoms with van der Waals surface area (Å²) in [5, 5.41) is 3.19. The number of primary amides is 1. The smallest absolute Gasteiger partial charge is 0.251 e. The van der Waals surface area contributed by atoms with Crippen molar-refractivity contribution in [2.45, 2.75) is 18.9 Å². The zero-order valence-electron chi connectivity index (χ0n) is 15.6. The van der Waals surface area contributed by atoms with Crippen LogP contribution in [0, 0.1) is 5.95 Å². The first-order valence-corrected chi connectivity index (χ1v) is 9.32. The average Bonchev–Trinajstić information content (AvgIpc) is 2.72. The van der Waals surface area contributed by atoms with E-state index >= 15 is 0 Å². The first kappa shape index (κ1) is 20.5. The predicted octanol–water partition coefficient (Wildman–Crippen LogP) is 4.25. The molecular formula is C22H19ClFN3O2. The number of nitrogens with one attached hydrogen (secondary N) is 1. The second kappa shape index (κ2) is 8.84. The second-order valence-electron chi connectivity index (χ2n) is 6.59. The zero-order chi connectivity index (χ0) is 21.0. The highest BCUT2D eigenvalue weighted by Crippen LogP contribution is 2.36. The fraction of sp³-hybridized carbons (Fsp3) is 0.136. The Morgan fingerprint density at radius 3 is 2.38 bits per heavy atom.